The molecule has 0 aliphatic carbocycles. The number of ether oxygens (including phenoxy) is 4. The highest BCUT2D eigenvalue weighted by atomic mass is 35.5. The summed E-state index contributed by atoms with van der Waals surface area (Å²) in [7, 11) is 14.4. The predicted molar refractivity (Wildman–Crippen MR) is 152 cm³/mol. The van der Waals surface area contributed by atoms with Crippen LogP contribution < -0.4 is 45.8 Å². The smallest absolute Gasteiger partial charge is 0.307 e. The lowest BCUT2D eigenvalue weighted by Crippen LogP contribution is -3.00. The number of nitrogens with zero attached hydrogens (tertiary/aromatic N) is 6. The number of rotatable bonds is 12. The Morgan fingerprint density at radius 2 is 1.21 bits per heavy atom. The average Bonchev–Trinajstić information content (AvgIpc) is 3.30. The van der Waals surface area contributed by atoms with Crippen LogP contribution in [0.4, 0.5) is 11.4 Å². The van der Waals surface area contributed by atoms with Gasteiger partial charge in [0.1, 0.15) is 34.4 Å². The van der Waals surface area contributed by atoms with Crippen molar-refractivity contribution in [3.05, 3.63) is 53.6 Å². The van der Waals surface area contributed by atoms with Gasteiger partial charge in [0.05, 0.1) is 47.3 Å². The first-order valence-corrected chi connectivity index (χ1v) is 12.3. The van der Waals surface area contributed by atoms with E-state index in [0.717, 1.165) is 41.2 Å². The fourth-order valence-electron chi connectivity index (χ4n) is 4.18. The van der Waals surface area contributed by atoms with E-state index in [9.17, 15) is 0 Å². The Kier molecular flexibility index (Phi) is 11.5. The fraction of sp³-hybridized carbons (Fsp3) is 0.393. The molecule has 0 radical (unpaired) electrons. The van der Waals surface area contributed by atoms with Crippen molar-refractivity contribution in [3.8, 4) is 23.0 Å². The molecule has 0 saturated carbocycles. The summed E-state index contributed by atoms with van der Waals surface area (Å²) < 4.78 is 26.1. The van der Waals surface area contributed by atoms with Crippen LogP contribution in [0.25, 0.3) is 0 Å². The van der Waals surface area contributed by atoms with Gasteiger partial charge in [-0.05, 0) is 30.7 Å². The molecule has 0 aliphatic rings. The van der Waals surface area contributed by atoms with Crippen molar-refractivity contribution >= 4 is 23.8 Å². The lowest BCUT2D eigenvalue weighted by Gasteiger charge is -2.20. The summed E-state index contributed by atoms with van der Waals surface area (Å²) in [6.45, 7) is 2.13. The molecule has 3 rings (SSSR count). The van der Waals surface area contributed by atoms with Gasteiger partial charge >= 0.3 is 5.82 Å². The summed E-state index contributed by atoms with van der Waals surface area (Å²) in [4.78, 5) is 3.92. The van der Waals surface area contributed by atoms with Crippen molar-refractivity contribution in [2.24, 2.45) is 10.2 Å². The van der Waals surface area contributed by atoms with E-state index in [0.29, 0.717) is 23.0 Å². The van der Waals surface area contributed by atoms with Gasteiger partial charge in [-0.3, -0.25) is 0 Å². The van der Waals surface area contributed by atoms with Gasteiger partial charge < -0.3 is 41.2 Å². The van der Waals surface area contributed by atoms with Crippen LogP contribution in [0.1, 0.15) is 30.3 Å². The van der Waals surface area contributed by atoms with E-state index in [4.69, 9.17) is 29.2 Å². The average molecular weight is 559 g/mol. The van der Waals surface area contributed by atoms with Crippen LogP contribution >= 0.6 is 0 Å². The molecule has 0 N–H and O–H groups in total. The highest BCUT2D eigenvalue weighted by molar-refractivity contribution is 5.85. The number of hydrogen-bond donors (Lipinski definition) is 0. The van der Waals surface area contributed by atoms with E-state index < -0.39 is 0 Å². The second kappa shape index (κ2) is 14.3. The number of anilines is 2. The Balaban J connectivity index is 0.00000533. The molecule has 3 aromatic rings. The maximum atomic E-state index is 5.60. The van der Waals surface area contributed by atoms with Crippen molar-refractivity contribution < 1.29 is 36.0 Å². The summed E-state index contributed by atoms with van der Waals surface area (Å²) in [5.41, 5.74) is 3.46. The molecule has 1 aromatic heterocycles. The summed E-state index contributed by atoms with van der Waals surface area (Å²) in [6, 6.07) is 7.76. The Morgan fingerprint density at radius 3 is 1.59 bits per heavy atom. The Hall–Kier alpha value is -3.92. The lowest BCUT2D eigenvalue weighted by atomic mass is 10.1. The van der Waals surface area contributed by atoms with Crippen LogP contribution in [0.3, 0.4) is 0 Å². The highest BCUT2D eigenvalue weighted by Crippen LogP contribution is 2.38. The molecule has 11 heteroatoms. The SMILES string of the molecule is CCCc1n(N=Cc2cc(OC)c(N(C)C)c(OC)c2)cc[n+]1N=Cc1cc(OC)c(N(C)C)c(OC)c1.[Cl-]. The third-order valence-corrected chi connectivity index (χ3v) is 5.91. The van der Waals surface area contributed by atoms with Gasteiger partial charge in [0.25, 0.3) is 0 Å². The fourth-order valence-corrected chi connectivity index (χ4v) is 4.18. The minimum Gasteiger partial charge on any atom is -1.00 e. The van der Waals surface area contributed by atoms with Crippen LogP contribution in [-0.4, -0.2) is 73.7 Å². The Morgan fingerprint density at radius 1 is 0.769 bits per heavy atom. The van der Waals surface area contributed by atoms with E-state index in [1.165, 1.54) is 0 Å². The summed E-state index contributed by atoms with van der Waals surface area (Å²) >= 11 is 0. The molecule has 0 spiro atoms. The minimum absolute atomic E-state index is 0. The second-order valence-corrected chi connectivity index (χ2v) is 8.98. The molecule has 0 bridgehead atoms. The van der Waals surface area contributed by atoms with Gasteiger partial charge in [-0.25, -0.2) is 0 Å². The number of hydrogen-bond acceptors (Lipinski definition) is 8. The molecule has 212 valence electrons. The van der Waals surface area contributed by atoms with E-state index in [-0.39, 0.29) is 12.4 Å². The lowest BCUT2D eigenvalue weighted by molar-refractivity contribution is -0.685. The number of benzene rings is 2. The topological polar surface area (TPSA) is 76.9 Å². The molecule has 1 heterocycles. The number of aromatic nitrogens is 2. The monoisotopic (exact) mass is 558 g/mol. The van der Waals surface area contributed by atoms with Crippen LogP contribution in [0.2, 0.25) is 0 Å². The van der Waals surface area contributed by atoms with Crippen LogP contribution in [0.15, 0.2) is 46.9 Å². The molecule has 2 aromatic carbocycles. The maximum Gasteiger partial charge on any atom is 0.307 e. The zero-order valence-corrected chi connectivity index (χ0v) is 25.0. The van der Waals surface area contributed by atoms with Crippen molar-refractivity contribution in [1.82, 2.24) is 4.68 Å². The second-order valence-electron chi connectivity index (χ2n) is 8.98. The normalized spacial score (nSPS) is 11.0. The van der Waals surface area contributed by atoms with E-state index >= 15 is 0 Å². The van der Waals surface area contributed by atoms with E-state index in [2.05, 4.69) is 6.92 Å². The molecular weight excluding hydrogens is 520 g/mol. The summed E-state index contributed by atoms with van der Waals surface area (Å²) in [6.07, 6.45) is 9.07. The van der Waals surface area contributed by atoms with Crippen molar-refractivity contribution in [2.45, 2.75) is 19.8 Å². The first-order valence-electron chi connectivity index (χ1n) is 12.3. The summed E-state index contributed by atoms with van der Waals surface area (Å²) in [5, 5.41) is 9.42. The van der Waals surface area contributed by atoms with Crippen molar-refractivity contribution in [3.63, 3.8) is 0 Å². The zero-order chi connectivity index (χ0) is 27.8. The third-order valence-electron chi connectivity index (χ3n) is 5.91. The predicted octanol–water partition coefficient (Wildman–Crippen LogP) is 0.663. The largest absolute Gasteiger partial charge is 1.00 e. The van der Waals surface area contributed by atoms with Gasteiger partial charge in [-0.1, -0.05) is 17.1 Å². The van der Waals surface area contributed by atoms with Crippen molar-refractivity contribution in [2.75, 3.05) is 66.4 Å². The van der Waals surface area contributed by atoms with Gasteiger partial charge in [0.15, 0.2) is 12.4 Å². The van der Waals surface area contributed by atoms with Crippen LogP contribution in [0, 0.1) is 0 Å². The molecule has 0 unspecified atom stereocenters. The Labute approximate surface area is 237 Å². The molecule has 10 nitrogen and oxygen atoms in total. The first kappa shape index (κ1) is 31.3. The molecular formula is C28H39ClN6O4. The van der Waals surface area contributed by atoms with E-state index in [1.807, 2.05) is 84.0 Å². The van der Waals surface area contributed by atoms with Crippen LogP contribution in [0.5, 0.6) is 23.0 Å². The molecule has 0 aliphatic heterocycles. The van der Waals surface area contributed by atoms with Gasteiger partial charge in [-0.2, -0.15) is 0 Å². The molecule has 0 saturated heterocycles. The number of methoxy groups -OCH3 is 4. The van der Waals surface area contributed by atoms with Gasteiger partial charge in [-0.15, -0.1) is 9.35 Å². The zero-order valence-electron chi connectivity index (χ0n) is 24.2. The number of halogens is 1. The third kappa shape index (κ3) is 7.14. The Bertz CT molecular complexity index is 1160. The number of imidazole rings is 1. The molecule has 0 amide bonds. The van der Waals surface area contributed by atoms with Crippen molar-refractivity contribution in [1.29, 1.82) is 0 Å². The minimum atomic E-state index is 0. The van der Waals surface area contributed by atoms with Crippen LogP contribution in [-0.2, 0) is 6.42 Å². The standard InChI is InChI=1S/C28H39N6O4.ClH/c1-10-11-26-33(29-18-20-14-22(35-6)27(31(2)3)23(15-20)36-7)12-13-34(26)30-19-21-16-24(37-8)28(32(4)5)25(17-21)38-9;/h12-19H,10-11H2,1-9H3;1H/q+1;/p-1. The first-order chi connectivity index (χ1) is 18.3. The van der Waals surface area contributed by atoms with E-state index in [1.54, 1.807) is 40.9 Å². The summed E-state index contributed by atoms with van der Waals surface area (Å²) in [5.74, 6) is 3.78. The molecule has 39 heavy (non-hydrogen) atoms. The quantitative estimate of drug-likeness (QED) is 0.240. The van der Waals surface area contributed by atoms with Gasteiger partial charge in [0.2, 0.25) is 0 Å². The molecule has 0 fully saturated rings. The molecule has 0 atom stereocenters. The maximum absolute atomic E-state index is 5.60. The van der Waals surface area contributed by atoms with Gasteiger partial charge in [0, 0.05) is 39.3 Å². The highest BCUT2D eigenvalue weighted by Gasteiger charge is 2.18.